The van der Waals surface area contributed by atoms with Crippen molar-refractivity contribution in [3.8, 4) is 0 Å². The summed E-state index contributed by atoms with van der Waals surface area (Å²) in [6.07, 6.45) is 15.3. The monoisotopic (exact) mass is 398 g/mol. The fourth-order valence-electron chi connectivity index (χ4n) is 8.69. The first-order valence-electron chi connectivity index (χ1n) is 12.7. The molecule has 1 N–H and O–H groups in total. The van der Waals surface area contributed by atoms with Crippen LogP contribution < -0.4 is 0 Å². The second-order valence-electron chi connectivity index (χ2n) is 12.1. The SMILES string of the molecule is CC(C)=CCCC(C)C1CCC2C3=C(CCC21C)C1(C)C(C)C[C@H](O)C[C@@H]1CC3. The van der Waals surface area contributed by atoms with Gasteiger partial charge in [-0.25, -0.2) is 0 Å². The first-order chi connectivity index (χ1) is 13.7. The van der Waals surface area contributed by atoms with Crippen molar-refractivity contribution in [3.63, 3.8) is 0 Å². The van der Waals surface area contributed by atoms with E-state index in [2.05, 4.69) is 47.6 Å². The van der Waals surface area contributed by atoms with E-state index in [0.29, 0.717) is 22.7 Å². The molecule has 0 bridgehead atoms. The lowest BCUT2D eigenvalue weighted by Crippen LogP contribution is -2.49. The molecule has 1 heteroatoms. The van der Waals surface area contributed by atoms with Crippen molar-refractivity contribution in [2.24, 2.45) is 40.4 Å². The van der Waals surface area contributed by atoms with Gasteiger partial charge in [-0.1, -0.05) is 50.5 Å². The average Bonchev–Trinajstić information content (AvgIpc) is 3.00. The zero-order valence-corrected chi connectivity index (χ0v) is 20.1. The topological polar surface area (TPSA) is 20.2 Å². The van der Waals surface area contributed by atoms with Gasteiger partial charge in [0.1, 0.15) is 0 Å². The fourth-order valence-corrected chi connectivity index (χ4v) is 8.69. The Balaban J connectivity index is 1.58. The lowest BCUT2D eigenvalue weighted by molar-refractivity contribution is -0.0239. The predicted molar refractivity (Wildman–Crippen MR) is 124 cm³/mol. The summed E-state index contributed by atoms with van der Waals surface area (Å²) >= 11 is 0. The van der Waals surface area contributed by atoms with E-state index in [1.807, 2.05) is 11.1 Å². The third kappa shape index (κ3) is 3.48. The molecule has 164 valence electrons. The standard InChI is InChI=1S/C28H46O/c1-18(2)8-7-9-19(3)24-12-13-25-23-11-10-21-17-22(29)16-20(4)28(21,6)26(23)14-15-27(24,25)5/h8,19-22,24-25,29H,7,9-17H2,1-6H3/t19?,20?,21-,22-,24?,25?,27?,28?/m0/s1. The minimum absolute atomic E-state index is 0.0587. The van der Waals surface area contributed by atoms with Crippen molar-refractivity contribution in [3.05, 3.63) is 22.8 Å². The molecule has 0 aromatic rings. The third-order valence-corrected chi connectivity index (χ3v) is 10.5. The first-order valence-corrected chi connectivity index (χ1v) is 12.7. The summed E-state index contributed by atoms with van der Waals surface area (Å²) in [4.78, 5) is 0. The zero-order valence-electron chi connectivity index (χ0n) is 20.1. The van der Waals surface area contributed by atoms with Gasteiger partial charge in [-0.15, -0.1) is 0 Å². The minimum atomic E-state index is -0.0587. The number of hydrogen-bond acceptors (Lipinski definition) is 1. The van der Waals surface area contributed by atoms with Crippen molar-refractivity contribution in [2.75, 3.05) is 0 Å². The maximum Gasteiger partial charge on any atom is 0.0546 e. The summed E-state index contributed by atoms with van der Waals surface area (Å²) in [5, 5.41) is 10.4. The Labute approximate surface area is 180 Å². The number of hydrogen-bond donors (Lipinski definition) is 1. The van der Waals surface area contributed by atoms with Crippen LogP contribution in [0.3, 0.4) is 0 Å². The van der Waals surface area contributed by atoms with Crippen molar-refractivity contribution >= 4 is 0 Å². The molecule has 4 aliphatic rings. The highest BCUT2D eigenvalue weighted by molar-refractivity contribution is 5.35. The maximum atomic E-state index is 10.4. The van der Waals surface area contributed by atoms with E-state index in [0.717, 1.165) is 30.6 Å². The molecule has 0 saturated heterocycles. The fraction of sp³-hybridized carbons (Fsp3) is 0.857. The molecule has 0 aromatic carbocycles. The van der Waals surface area contributed by atoms with Gasteiger partial charge in [-0.05, 0) is 118 Å². The Bertz CT molecular complexity index is 682. The van der Waals surface area contributed by atoms with E-state index in [1.165, 1.54) is 56.9 Å². The number of rotatable bonds is 4. The van der Waals surface area contributed by atoms with Crippen molar-refractivity contribution in [2.45, 2.75) is 112 Å². The third-order valence-electron chi connectivity index (χ3n) is 10.5. The minimum Gasteiger partial charge on any atom is -0.393 e. The molecular formula is C28H46O. The van der Waals surface area contributed by atoms with Crippen molar-refractivity contribution in [1.29, 1.82) is 0 Å². The van der Waals surface area contributed by atoms with Crippen LogP contribution >= 0.6 is 0 Å². The summed E-state index contributed by atoms with van der Waals surface area (Å²) in [6.45, 7) is 14.7. The van der Waals surface area contributed by atoms with Crippen LogP contribution in [0.1, 0.15) is 106 Å². The van der Waals surface area contributed by atoms with Gasteiger partial charge in [0.25, 0.3) is 0 Å². The highest BCUT2D eigenvalue weighted by Crippen LogP contribution is 2.66. The molecule has 0 amide bonds. The summed E-state index contributed by atoms with van der Waals surface area (Å²) in [7, 11) is 0. The highest BCUT2D eigenvalue weighted by atomic mass is 16.3. The van der Waals surface area contributed by atoms with Gasteiger partial charge in [0.15, 0.2) is 0 Å². The highest BCUT2D eigenvalue weighted by Gasteiger charge is 2.57. The van der Waals surface area contributed by atoms with Crippen LogP contribution in [0.25, 0.3) is 0 Å². The second-order valence-corrected chi connectivity index (χ2v) is 12.1. The van der Waals surface area contributed by atoms with Crippen LogP contribution in [-0.4, -0.2) is 11.2 Å². The summed E-state index contributed by atoms with van der Waals surface area (Å²) in [5.74, 6) is 3.94. The molecule has 0 heterocycles. The lowest BCUT2D eigenvalue weighted by Gasteiger charge is -2.57. The quantitative estimate of drug-likeness (QED) is 0.481. The van der Waals surface area contributed by atoms with Gasteiger partial charge in [-0.2, -0.15) is 0 Å². The molecule has 6 unspecified atom stereocenters. The van der Waals surface area contributed by atoms with E-state index in [4.69, 9.17) is 0 Å². The van der Waals surface area contributed by atoms with E-state index >= 15 is 0 Å². The van der Waals surface area contributed by atoms with E-state index in [9.17, 15) is 5.11 Å². The van der Waals surface area contributed by atoms with Crippen LogP contribution in [0, 0.1) is 40.4 Å². The molecule has 0 radical (unpaired) electrons. The summed E-state index contributed by atoms with van der Waals surface area (Å²) in [6, 6.07) is 0. The number of aliphatic hydroxyl groups excluding tert-OH is 1. The van der Waals surface area contributed by atoms with Gasteiger partial charge in [0, 0.05) is 0 Å². The van der Waals surface area contributed by atoms with Crippen LogP contribution in [0.2, 0.25) is 0 Å². The number of allylic oxidation sites excluding steroid dienone is 4. The molecule has 8 atom stereocenters. The molecular weight excluding hydrogens is 352 g/mol. The Kier molecular flexibility index (Phi) is 5.86. The molecule has 29 heavy (non-hydrogen) atoms. The van der Waals surface area contributed by atoms with Crippen LogP contribution in [-0.2, 0) is 0 Å². The van der Waals surface area contributed by atoms with Gasteiger partial charge < -0.3 is 5.11 Å². The second kappa shape index (κ2) is 7.85. The maximum absolute atomic E-state index is 10.4. The van der Waals surface area contributed by atoms with E-state index in [1.54, 1.807) is 0 Å². The largest absolute Gasteiger partial charge is 0.393 e. The molecule has 2 saturated carbocycles. The summed E-state index contributed by atoms with van der Waals surface area (Å²) < 4.78 is 0. The van der Waals surface area contributed by atoms with Crippen LogP contribution in [0.15, 0.2) is 22.8 Å². The number of aliphatic hydroxyl groups is 1. The molecule has 1 nitrogen and oxygen atoms in total. The number of fused-ring (bicyclic) bond motifs is 4. The van der Waals surface area contributed by atoms with E-state index < -0.39 is 0 Å². The van der Waals surface area contributed by atoms with Gasteiger partial charge in [-0.3, -0.25) is 0 Å². The Morgan fingerprint density at radius 2 is 1.90 bits per heavy atom. The Morgan fingerprint density at radius 3 is 2.62 bits per heavy atom. The van der Waals surface area contributed by atoms with Crippen LogP contribution in [0.4, 0.5) is 0 Å². The molecule has 4 aliphatic carbocycles. The Hall–Kier alpha value is -0.560. The molecule has 2 fully saturated rings. The normalized spacial score (nSPS) is 45.3. The van der Waals surface area contributed by atoms with E-state index in [-0.39, 0.29) is 6.10 Å². The average molecular weight is 399 g/mol. The first kappa shape index (κ1) is 21.7. The zero-order chi connectivity index (χ0) is 21.0. The molecule has 4 rings (SSSR count). The van der Waals surface area contributed by atoms with Gasteiger partial charge in [0.2, 0.25) is 0 Å². The Morgan fingerprint density at radius 1 is 1.14 bits per heavy atom. The van der Waals surface area contributed by atoms with Crippen molar-refractivity contribution in [1.82, 2.24) is 0 Å². The van der Waals surface area contributed by atoms with Crippen molar-refractivity contribution < 1.29 is 5.11 Å². The lowest BCUT2D eigenvalue weighted by atomic mass is 9.48. The summed E-state index contributed by atoms with van der Waals surface area (Å²) in [5.41, 5.74) is 6.13. The van der Waals surface area contributed by atoms with Crippen LogP contribution in [0.5, 0.6) is 0 Å². The van der Waals surface area contributed by atoms with Gasteiger partial charge >= 0.3 is 0 Å². The molecule has 0 aliphatic heterocycles. The van der Waals surface area contributed by atoms with Gasteiger partial charge in [0.05, 0.1) is 6.10 Å². The molecule has 0 aromatic heterocycles. The smallest absolute Gasteiger partial charge is 0.0546 e. The predicted octanol–water partition coefficient (Wildman–Crippen LogP) is 7.70. The molecule has 0 spiro atoms.